The average molecular weight is 686 g/mol. The number of likely N-dealkylation sites (N-methyl/N-ethyl adjacent to an activating group) is 1. The van der Waals surface area contributed by atoms with E-state index in [-0.39, 0.29) is 49.8 Å². The molecule has 3 aromatic carbocycles. The predicted octanol–water partition coefficient (Wildman–Crippen LogP) is 4.39. The molecule has 12 heteroatoms. The highest BCUT2D eigenvalue weighted by atomic mass is 16.7. The lowest BCUT2D eigenvalue weighted by Crippen LogP contribution is -2.69. The number of aromatic hydroxyl groups is 1. The smallest absolute Gasteiger partial charge is 0.504 e. The number of nitrogens with one attached hydrogen (secondary N) is 1. The van der Waals surface area contributed by atoms with Crippen molar-refractivity contribution in [3.63, 3.8) is 0 Å². The molecule has 4 aliphatic rings. The first kappa shape index (κ1) is 33.7. The second kappa shape index (κ2) is 13.5. The minimum atomic E-state index is -0.959. The van der Waals surface area contributed by atoms with Gasteiger partial charge in [-0.1, -0.05) is 49.1 Å². The molecule has 264 valence electrons. The summed E-state index contributed by atoms with van der Waals surface area (Å²) in [7, 11) is 3.49. The number of methoxy groups -OCH3 is 1. The van der Waals surface area contributed by atoms with Crippen LogP contribution in [-0.2, 0) is 28.8 Å². The number of nitrogens with zero attached hydrogens (tertiary/aromatic N) is 2. The number of aryl methyl sites for hydroxylation is 2. The van der Waals surface area contributed by atoms with Crippen LogP contribution in [-0.4, -0.2) is 84.5 Å². The summed E-state index contributed by atoms with van der Waals surface area (Å²) >= 11 is 0. The fraction of sp³-hybridized carbons (Fsp3) is 0.421. The van der Waals surface area contributed by atoms with E-state index in [2.05, 4.69) is 16.8 Å². The van der Waals surface area contributed by atoms with Crippen molar-refractivity contribution in [3.8, 4) is 28.7 Å². The molecule has 1 fully saturated rings. The molecule has 4 aliphatic heterocycles. The summed E-state index contributed by atoms with van der Waals surface area (Å²) in [6, 6.07) is 10.1. The van der Waals surface area contributed by atoms with Gasteiger partial charge in [0.05, 0.1) is 25.2 Å². The van der Waals surface area contributed by atoms with Gasteiger partial charge in [0.15, 0.2) is 23.0 Å². The molecule has 1 amide bonds. The Bertz CT molecular complexity index is 1830. The van der Waals surface area contributed by atoms with Crippen molar-refractivity contribution in [2.45, 2.75) is 69.9 Å². The van der Waals surface area contributed by atoms with Gasteiger partial charge < -0.3 is 39.2 Å². The zero-order valence-electron chi connectivity index (χ0n) is 28.7. The Morgan fingerprint density at radius 2 is 1.84 bits per heavy atom. The average Bonchev–Trinajstić information content (AvgIpc) is 3.60. The van der Waals surface area contributed by atoms with E-state index in [1.165, 1.54) is 13.2 Å². The molecular weight excluding hydrogens is 642 g/mol. The molecule has 12 nitrogen and oxygen atoms in total. The maximum atomic E-state index is 13.4. The lowest BCUT2D eigenvalue weighted by Gasteiger charge is -2.60. The van der Waals surface area contributed by atoms with Gasteiger partial charge in [0, 0.05) is 41.3 Å². The highest BCUT2D eigenvalue weighted by molar-refractivity contribution is 5.76. The summed E-state index contributed by atoms with van der Waals surface area (Å²) < 4.78 is 28.8. The van der Waals surface area contributed by atoms with Crippen LogP contribution < -0.4 is 24.3 Å². The van der Waals surface area contributed by atoms with Crippen molar-refractivity contribution < 1.29 is 43.5 Å². The number of benzene rings is 3. The topological polar surface area (TPSA) is 139 Å². The van der Waals surface area contributed by atoms with Gasteiger partial charge in [-0.05, 0) is 56.8 Å². The molecule has 0 aromatic heterocycles. The van der Waals surface area contributed by atoms with Crippen molar-refractivity contribution in [2.75, 3.05) is 34.1 Å². The van der Waals surface area contributed by atoms with E-state index >= 15 is 0 Å². The van der Waals surface area contributed by atoms with Crippen LogP contribution in [0.4, 0.5) is 4.79 Å². The Hall–Kier alpha value is -4.78. The van der Waals surface area contributed by atoms with Gasteiger partial charge in [-0.3, -0.25) is 14.6 Å². The summed E-state index contributed by atoms with van der Waals surface area (Å²) in [5.74, 6) is 1.52. The van der Waals surface area contributed by atoms with Crippen LogP contribution in [0.15, 0.2) is 49.1 Å². The highest BCUT2D eigenvalue weighted by Crippen LogP contribution is 2.58. The van der Waals surface area contributed by atoms with E-state index < -0.39 is 30.5 Å². The van der Waals surface area contributed by atoms with Gasteiger partial charge >= 0.3 is 6.16 Å². The fourth-order valence-electron chi connectivity index (χ4n) is 8.42. The largest absolute Gasteiger partial charge is 0.514 e. The number of aliphatic hydroxyl groups excluding tert-OH is 1. The second-order valence-corrected chi connectivity index (χ2v) is 13.3. The molecule has 1 saturated heterocycles. The first-order valence-corrected chi connectivity index (χ1v) is 16.9. The van der Waals surface area contributed by atoms with Gasteiger partial charge in [-0.2, -0.15) is 0 Å². The molecule has 3 N–H and O–H groups in total. The number of phenols is 1. The molecule has 50 heavy (non-hydrogen) atoms. The third-order valence-electron chi connectivity index (χ3n) is 10.6. The highest BCUT2D eigenvalue weighted by Gasteiger charge is 2.56. The summed E-state index contributed by atoms with van der Waals surface area (Å²) in [5.41, 5.74) is 5.44. The van der Waals surface area contributed by atoms with Crippen LogP contribution >= 0.6 is 0 Å². The minimum Gasteiger partial charge on any atom is -0.504 e. The number of hydrogen-bond donors (Lipinski definition) is 3. The van der Waals surface area contributed by atoms with Gasteiger partial charge in [-0.15, -0.1) is 0 Å². The maximum absolute atomic E-state index is 13.4. The molecule has 0 radical (unpaired) electrons. The summed E-state index contributed by atoms with van der Waals surface area (Å²) in [4.78, 5) is 30.5. The molecule has 0 saturated carbocycles. The van der Waals surface area contributed by atoms with Gasteiger partial charge in [-0.25, -0.2) is 4.79 Å². The van der Waals surface area contributed by atoms with Crippen molar-refractivity contribution >= 4 is 12.1 Å². The molecule has 0 aliphatic carbocycles. The van der Waals surface area contributed by atoms with Crippen LogP contribution in [0.3, 0.4) is 0 Å². The van der Waals surface area contributed by atoms with E-state index in [1.807, 2.05) is 55.3 Å². The number of hydrogen-bond acceptors (Lipinski definition) is 11. The molecule has 2 bridgehead atoms. The Labute approximate surface area is 291 Å². The van der Waals surface area contributed by atoms with Crippen LogP contribution in [0.2, 0.25) is 0 Å². The zero-order chi connectivity index (χ0) is 35.3. The lowest BCUT2D eigenvalue weighted by molar-refractivity contribution is -0.172. The normalized spacial score (nSPS) is 23.3. The molecule has 4 heterocycles. The Kier molecular flexibility index (Phi) is 9.10. The molecule has 1 unspecified atom stereocenters. The van der Waals surface area contributed by atoms with Gasteiger partial charge in [0.2, 0.25) is 12.7 Å². The number of amides is 1. The Morgan fingerprint density at radius 3 is 2.58 bits per heavy atom. The molecule has 5 atom stereocenters. The number of fused-ring (bicyclic) bond motifs is 9. The number of carbonyl (C=O) groups is 2. The lowest BCUT2D eigenvalue weighted by atomic mass is 9.73. The summed E-state index contributed by atoms with van der Waals surface area (Å²) in [6.45, 7) is 7.36. The predicted molar refractivity (Wildman–Crippen MR) is 183 cm³/mol. The molecule has 7 rings (SSSR count). The standard InChI is InChI=1S/C38H43N3O9/c1-6-14-47-38(45)50-34-21(3)35-36(49-19-48-35)30-24(34)17-25-31-29-23(15-20(2)33(46-5)32(29)43)16-26(40(31)4)37(44)41(25)27(30)18-39-28(42)13-12-22-10-8-7-9-11-22/h6-11,15,25-27,31,37,43-44H,1,12-14,16-19H2,2-5H3,(H,39,42)/t25?,26-,27-,31-,37-/m0/s1. The van der Waals surface area contributed by atoms with Crippen LogP contribution in [0.1, 0.15) is 57.4 Å². The van der Waals surface area contributed by atoms with E-state index in [4.69, 9.17) is 23.7 Å². The third-order valence-corrected chi connectivity index (χ3v) is 10.6. The summed E-state index contributed by atoms with van der Waals surface area (Å²) in [6.07, 6.45) is 1.25. The second-order valence-electron chi connectivity index (χ2n) is 13.3. The first-order chi connectivity index (χ1) is 24.1. The quantitative estimate of drug-likeness (QED) is 0.168. The van der Waals surface area contributed by atoms with Crippen molar-refractivity contribution in [3.05, 3.63) is 88.0 Å². The zero-order valence-corrected chi connectivity index (χ0v) is 28.7. The van der Waals surface area contributed by atoms with Crippen molar-refractivity contribution in [1.29, 1.82) is 0 Å². The van der Waals surface area contributed by atoms with E-state index in [1.54, 1.807) is 6.92 Å². The number of carbonyl (C=O) groups excluding carboxylic acids is 2. The van der Waals surface area contributed by atoms with Crippen LogP contribution in [0.5, 0.6) is 28.7 Å². The first-order valence-electron chi connectivity index (χ1n) is 16.9. The van der Waals surface area contributed by atoms with E-state index in [0.717, 1.165) is 22.3 Å². The van der Waals surface area contributed by atoms with E-state index in [0.29, 0.717) is 53.2 Å². The number of aliphatic hydroxyl groups is 1. The van der Waals surface area contributed by atoms with Gasteiger partial charge in [0.1, 0.15) is 18.6 Å². The third kappa shape index (κ3) is 5.61. The van der Waals surface area contributed by atoms with E-state index in [9.17, 15) is 19.8 Å². The number of rotatable bonds is 9. The molecule has 0 spiro atoms. The van der Waals surface area contributed by atoms with Crippen LogP contribution in [0, 0.1) is 13.8 Å². The maximum Gasteiger partial charge on any atom is 0.514 e. The van der Waals surface area contributed by atoms with Crippen molar-refractivity contribution in [2.24, 2.45) is 0 Å². The fourth-order valence-corrected chi connectivity index (χ4v) is 8.42. The van der Waals surface area contributed by atoms with Crippen LogP contribution in [0.25, 0.3) is 0 Å². The SMILES string of the molecule is C=CCOC(=O)Oc1c(C)c2c(c3c1CC1[C@H]4c5c(cc(C)c(OC)c5O)C[C@@H]([C@H](O)N1[C@H]3CNC(=O)CCc1ccccc1)N4C)OCO2. The van der Waals surface area contributed by atoms with Crippen molar-refractivity contribution in [1.82, 2.24) is 15.1 Å². The summed E-state index contributed by atoms with van der Waals surface area (Å²) in [5, 5.41) is 27.1. The monoisotopic (exact) mass is 685 g/mol. The number of ether oxygens (including phenoxy) is 5. The number of phenolic OH excluding ortho intramolecular Hbond substituents is 1. The minimum absolute atomic E-state index is 0.0313. The Balaban J connectivity index is 1.34. The molecule has 3 aromatic rings. The molecular formula is C38H43N3O9. The Morgan fingerprint density at radius 1 is 1.08 bits per heavy atom. The number of piperazine rings is 1. The van der Waals surface area contributed by atoms with Gasteiger partial charge in [0.25, 0.3) is 0 Å².